The maximum atomic E-state index is 3.67. The lowest BCUT2D eigenvalue weighted by atomic mass is 10.00. The Bertz CT molecular complexity index is 224. The highest BCUT2D eigenvalue weighted by Gasteiger charge is 2.24. The Morgan fingerprint density at radius 2 is 1.83 bits per heavy atom. The fourth-order valence-electron chi connectivity index (χ4n) is 3.34. The molecule has 2 saturated heterocycles. The van der Waals surface area contributed by atoms with E-state index in [0.717, 1.165) is 12.1 Å². The molecule has 0 radical (unpaired) electrons. The van der Waals surface area contributed by atoms with E-state index >= 15 is 0 Å². The van der Waals surface area contributed by atoms with E-state index in [1.807, 2.05) is 0 Å². The molecule has 18 heavy (non-hydrogen) atoms. The van der Waals surface area contributed by atoms with Crippen molar-refractivity contribution in [3.63, 3.8) is 0 Å². The van der Waals surface area contributed by atoms with Crippen LogP contribution in [0.25, 0.3) is 0 Å². The van der Waals surface area contributed by atoms with Gasteiger partial charge in [-0.25, -0.2) is 0 Å². The third-order valence-corrected chi connectivity index (χ3v) is 4.66. The second kappa shape index (κ2) is 7.46. The third kappa shape index (κ3) is 4.22. The minimum absolute atomic E-state index is 0.783. The predicted molar refractivity (Wildman–Crippen MR) is 78.0 cm³/mol. The van der Waals surface area contributed by atoms with Crippen molar-refractivity contribution in [1.29, 1.82) is 0 Å². The first kappa shape index (κ1) is 14.3. The Kier molecular flexibility index (Phi) is 5.93. The molecule has 2 aliphatic rings. The van der Waals surface area contributed by atoms with Gasteiger partial charge in [-0.15, -0.1) is 0 Å². The molecular weight excluding hydrogens is 222 g/mol. The molecule has 0 aliphatic carbocycles. The molecule has 0 aromatic carbocycles. The number of hydrogen-bond donors (Lipinski definition) is 1. The molecule has 3 nitrogen and oxygen atoms in total. The van der Waals surface area contributed by atoms with Crippen LogP contribution in [-0.4, -0.2) is 61.7 Å². The quantitative estimate of drug-likeness (QED) is 0.808. The van der Waals surface area contributed by atoms with Crippen molar-refractivity contribution < 1.29 is 0 Å². The highest BCUT2D eigenvalue weighted by atomic mass is 15.2. The lowest BCUT2D eigenvalue weighted by Crippen LogP contribution is -2.49. The van der Waals surface area contributed by atoms with Gasteiger partial charge in [0.15, 0.2) is 0 Å². The summed E-state index contributed by atoms with van der Waals surface area (Å²) in [5.74, 6) is 0. The number of likely N-dealkylation sites (N-methyl/N-ethyl adjacent to an activating group) is 1. The van der Waals surface area contributed by atoms with Crippen molar-refractivity contribution in [2.45, 2.75) is 57.5 Å². The van der Waals surface area contributed by atoms with Crippen LogP contribution in [0.4, 0.5) is 0 Å². The summed E-state index contributed by atoms with van der Waals surface area (Å²) < 4.78 is 0. The second-order valence-corrected chi connectivity index (χ2v) is 6.16. The van der Waals surface area contributed by atoms with Gasteiger partial charge in [-0.3, -0.25) is 0 Å². The molecule has 106 valence electrons. The topological polar surface area (TPSA) is 18.5 Å². The van der Waals surface area contributed by atoms with Gasteiger partial charge in [0.1, 0.15) is 0 Å². The first-order valence-electron chi connectivity index (χ1n) is 7.95. The monoisotopic (exact) mass is 253 g/mol. The Hall–Kier alpha value is -0.120. The summed E-state index contributed by atoms with van der Waals surface area (Å²) in [6.45, 7) is 8.64. The Morgan fingerprint density at radius 1 is 1.06 bits per heavy atom. The van der Waals surface area contributed by atoms with E-state index in [4.69, 9.17) is 0 Å². The minimum atomic E-state index is 0.783. The van der Waals surface area contributed by atoms with Gasteiger partial charge in [0.25, 0.3) is 0 Å². The van der Waals surface area contributed by atoms with Crippen molar-refractivity contribution in [2.75, 3.05) is 39.8 Å². The number of piperidine rings is 2. The fourth-order valence-corrected chi connectivity index (χ4v) is 3.34. The lowest BCUT2D eigenvalue weighted by molar-refractivity contribution is 0.109. The molecule has 1 unspecified atom stereocenters. The summed E-state index contributed by atoms with van der Waals surface area (Å²) in [5, 5.41) is 3.67. The molecule has 0 aromatic rings. The van der Waals surface area contributed by atoms with Crippen molar-refractivity contribution in [3.8, 4) is 0 Å². The maximum Gasteiger partial charge on any atom is 0.0220 e. The highest BCUT2D eigenvalue weighted by Crippen LogP contribution is 2.18. The van der Waals surface area contributed by atoms with E-state index in [9.17, 15) is 0 Å². The molecule has 0 spiro atoms. The van der Waals surface area contributed by atoms with Crippen molar-refractivity contribution in [3.05, 3.63) is 0 Å². The summed E-state index contributed by atoms with van der Waals surface area (Å²) >= 11 is 0. The first-order valence-corrected chi connectivity index (χ1v) is 7.95. The minimum Gasteiger partial charge on any atom is -0.314 e. The molecule has 2 fully saturated rings. The molecule has 1 atom stereocenters. The summed E-state index contributed by atoms with van der Waals surface area (Å²) in [7, 11) is 2.30. The van der Waals surface area contributed by atoms with E-state index in [0.29, 0.717) is 0 Å². The normalized spacial score (nSPS) is 28.7. The summed E-state index contributed by atoms with van der Waals surface area (Å²) in [6, 6.07) is 1.60. The van der Waals surface area contributed by atoms with Crippen molar-refractivity contribution >= 4 is 0 Å². The summed E-state index contributed by atoms with van der Waals surface area (Å²) in [5.41, 5.74) is 0. The molecule has 0 amide bonds. The number of rotatable bonds is 5. The van der Waals surface area contributed by atoms with E-state index in [-0.39, 0.29) is 0 Å². The van der Waals surface area contributed by atoms with Gasteiger partial charge >= 0.3 is 0 Å². The van der Waals surface area contributed by atoms with Gasteiger partial charge in [-0.05, 0) is 65.3 Å². The number of likely N-dealkylation sites (tertiary alicyclic amines) is 2. The zero-order chi connectivity index (χ0) is 12.8. The zero-order valence-corrected chi connectivity index (χ0v) is 12.3. The SMILES string of the molecule is CCCNC1CCN(CC2CCCCN2C)CC1. The van der Waals surface area contributed by atoms with Crippen LogP contribution in [0, 0.1) is 0 Å². The van der Waals surface area contributed by atoms with Gasteiger partial charge < -0.3 is 15.1 Å². The van der Waals surface area contributed by atoms with E-state index in [2.05, 4.69) is 29.1 Å². The van der Waals surface area contributed by atoms with E-state index in [1.54, 1.807) is 0 Å². The average Bonchev–Trinajstić information content (AvgIpc) is 2.41. The summed E-state index contributed by atoms with van der Waals surface area (Å²) in [4.78, 5) is 5.27. The molecule has 3 heteroatoms. The van der Waals surface area contributed by atoms with E-state index in [1.165, 1.54) is 71.2 Å². The molecule has 1 N–H and O–H groups in total. The number of nitrogens with zero attached hydrogens (tertiary/aromatic N) is 2. The molecule has 2 rings (SSSR count). The predicted octanol–water partition coefficient (Wildman–Crippen LogP) is 1.93. The Balaban J connectivity index is 1.66. The average molecular weight is 253 g/mol. The molecule has 0 aromatic heterocycles. The van der Waals surface area contributed by atoms with Crippen LogP contribution < -0.4 is 5.32 Å². The van der Waals surface area contributed by atoms with Crippen LogP contribution in [0.15, 0.2) is 0 Å². The maximum absolute atomic E-state index is 3.67. The molecule has 2 aliphatic heterocycles. The van der Waals surface area contributed by atoms with Gasteiger partial charge in [-0.2, -0.15) is 0 Å². The van der Waals surface area contributed by atoms with Gasteiger partial charge in [0.2, 0.25) is 0 Å². The standard InChI is InChI=1S/C15H31N3/c1-3-9-16-14-7-11-18(12-8-14)13-15-6-4-5-10-17(15)2/h14-16H,3-13H2,1-2H3. The van der Waals surface area contributed by atoms with Crippen LogP contribution in [0.1, 0.15) is 45.4 Å². The van der Waals surface area contributed by atoms with Crippen LogP contribution >= 0.6 is 0 Å². The molecular formula is C15H31N3. The fraction of sp³-hybridized carbons (Fsp3) is 1.00. The van der Waals surface area contributed by atoms with Crippen LogP contribution in [0.3, 0.4) is 0 Å². The largest absolute Gasteiger partial charge is 0.314 e. The lowest BCUT2D eigenvalue weighted by Gasteiger charge is -2.39. The van der Waals surface area contributed by atoms with Crippen LogP contribution in [-0.2, 0) is 0 Å². The van der Waals surface area contributed by atoms with Crippen molar-refractivity contribution in [2.24, 2.45) is 0 Å². The Labute approximate surface area is 113 Å². The molecule has 2 heterocycles. The zero-order valence-electron chi connectivity index (χ0n) is 12.3. The van der Waals surface area contributed by atoms with Gasteiger partial charge in [0, 0.05) is 18.6 Å². The molecule has 0 saturated carbocycles. The van der Waals surface area contributed by atoms with Crippen LogP contribution in [0.2, 0.25) is 0 Å². The Morgan fingerprint density at radius 3 is 2.50 bits per heavy atom. The number of hydrogen-bond acceptors (Lipinski definition) is 3. The van der Waals surface area contributed by atoms with Gasteiger partial charge in [-0.1, -0.05) is 13.3 Å². The van der Waals surface area contributed by atoms with Crippen molar-refractivity contribution in [1.82, 2.24) is 15.1 Å². The first-order chi connectivity index (χ1) is 8.79. The second-order valence-electron chi connectivity index (χ2n) is 6.16. The van der Waals surface area contributed by atoms with Gasteiger partial charge in [0.05, 0.1) is 0 Å². The summed E-state index contributed by atoms with van der Waals surface area (Å²) in [6.07, 6.45) is 8.18. The smallest absolute Gasteiger partial charge is 0.0220 e. The highest BCUT2D eigenvalue weighted by molar-refractivity contribution is 4.82. The third-order valence-electron chi connectivity index (χ3n) is 4.66. The van der Waals surface area contributed by atoms with Crippen LogP contribution in [0.5, 0.6) is 0 Å². The van der Waals surface area contributed by atoms with E-state index < -0.39 is 0 Å². The molecule has 0 bridgehead atoms. The number of nitrogens with one attached hydrogen (secondary N) is 1.